The number of amides is 1. The first-order valence-corrected chi connectivity index (χ1v) is 11.3. The van der Waals surface area contributed by atoms with Gasteiger partial charge in [0, 0.05) is 29.2 Å². The van der Waals surface area contributed by atoms with Gasteiger partial charge in [-0.15, -0.1) is 0 Å². The number of thiocarbonyl (C=S) groups is 1. The van der Waals surface area contributed by atoms with Crippen LogP contribution in [0.5, 0.6) is 0 Å². The van der Waals surface area contributed by atoms with Crippen LogP contribution in [-0.2, 0) is 11.3 Å². The Hall–Kier alpha value is -3.66. The monoisotopic (exact) mass is 451 g/mol. The number of nitriles is 1. The molecule has 3 aromatic carbocycles. The Kier molecular flexibility index (Phi) is 5.36. The second-order valence-corrected chi connectivity index (χ2v) is 9.07. The number of nitrogens with zero attached hydrogens (tertiary/aromatic N) is 3. The first kappa shape index (κ1) is 20.3. The Morgan fingerprint density at radius 3 is 2.44 bits per heavy atom. The number of para-hydroxylation sites is 2. The highest BCUT2D eigenvalue weighted by atomic mass is 32.2. The molecular weight excluding hydrogens is 434 g/mol. The molecule has 1 saturated heterocycles. The van der Waals surface area contributed by atoms with Crippen molar-refractivity contribution in [3.63, 3.8) is 0 Å². The zero-order chi connectivity index (χ0) is 22.1. The largest absolute Gasteiger partial charge is 0.342 e. The van der Waals surface area contributed by atoms with Crippen molar-refractivity contribution in [1.29, 1.82) is 5.26 Å². The van der Waals surface area contributed by atoms with Crippen LogP contribution in [0.25, 0.3) is 17.0 Å². The fourth-order valence-corrected chi connectivity index (χ4v) is 5.10. The zero-order valence-corrected chi connectivity index (χ0v) is 18.6. The van der Waals surface area contributed by atoms with Gasteiger partial charge in [0.05, 0.1) is 22.2 Å². The summed E-state index contributed by atoms with van der Waals surface area (Å²) >= 11 is 6.83. The Labute approximate surface area is 195 Å². The number of rotatable bonds is 4. The van der Waals surface area contributed by atoms with Gasteiger partial charge in [0.2, 0.25) is 0 Å². The van der Waals surface area contributed by atoms with Gasteiger partial charge in [0.1, 0.15) is 0 Å². The van der Waals surface area contributed by atoms with Gasteiger partial charge in [-0.05, 0) is 42.0 Å². The predicted octanol–water partition coefficient (Wildman–Crippen LogP) is 5.97. The summed E-state index contributed by atoms with van der Waals surface area (Å²) in [6.07, 6.45) is 4.00. The van der Waals surface area contributed by atoms with Gasteiger partial charge in [0.25, 0.3) is 5.91 Å². The third-order valence-electron chi connectivity index (χ3n) is 5.35. The zero-order valence-electron chi connectivity index (χ0n) is 16.9. The molecule has 1 amide bonds. The van der Waals surface area contributed by atoms with Gasteiger partial charge >= 0.3 is 0 Å². The fourth-order valence-electron chi connectivity index (χ4n) is 3.81. The second kappa shape index (κ2) is 8.46. The van der Waals surface area contributed by atoms with Crippen molar-refractivity contribution < 1.29 is 4.79 Å². The lowest BCUT2D eigenvalue weighted by Crippen LogP contribution is -2.27. The quantitative estimate of drug-likeness (QED) is 0.283. The number of hydrogen-bond donors (Lipinski definition) is 0. The van der Waals surface area contributed by atoms with Crippen LogP contribution in [0.1, 0.15) is 16.7 Å². The van der Waals surface area contributed by atoms with Gasteiger partial charge in [-0.25, -0.2) is 0 Å². The van der Waals surface area contributed by atoms with Crippen LogP contribution in [0.4, 0.5) is 5.69 Å². The number of aromatic nitrogens is 1. The molecule has 5 rings (SSSR count). The molecule has 0 saturated carbocycles. The van der Waals surface area contributed by atoms with Crippen LogP contribution in [0.2, 0.25) is 0 Å². The summed E-state index contributed by atoms with van der Waals surface area (Å²) in [5.41, 5.74) is 4.59. The van der Waals surface area contributed by atoms with E-state index in [1.165, 1.54) is 11.8 Å². The van der Waals surface area contributed by atoms with Gasteiger partial charge in [-0.3, -0.25) is 9.69 Å². The molecule has 0 bridgehead atoms. The summed E-state index contributed by atoms with van der Waals surface area (Å²) in [7, 11) is 0. The maximum absolute atomic E-state index is 13.1. The van der Waals surface area contributed by atoms with Gasteiger partial charge in [-0.1, -0.05) is 72.5 Å². The third kappa shape index (κ3) is 3.73. The van der Waals surface area contributed by atoms with Crippen LogP contribution in [0, 0.1) is 11.3 Å². The molecule has 0 aliphatic carbocycles. The van der Waals surface area contributed by atoms with Crippen LogP contribution < -0.4 is 4.90 Å². The maximum atomic E-state index is 13.1. The molecule has 0 radical (unpaired) electrons. The van der Waals surface area contributed by atoms with E-state index in [0.29, 0.717) is 21.3 Å². The molecule has 0 spiro atoms. The van der Waals surface area contributed by atoms with Crippen LogP contribution in [-0.4, -0.2) is 14.8 Å². The molecule has 4 aromatic rings. The predicted molar refractivity (Wildman–Crippen MR) is 134 cm³/mol. The summed E-state index contributed by atoms with van der Waals surface area (Å²) in [6.45, 7) is 0.672. The van der Waals surface area contributed by atoms with E-state index in [-0.39, 0.29) is 5.91 Å². The number of thioether (sulfide) groups is 1. The highest BCUT2D eigenvalue weighted by Gasteiger charge is 2.33. The highest BCUT2D eigenvalue weighted by molar-refractivity contribution is 8.27. The molecule has 32 heavy (non-hydrogen) atoms. The third-order valence-corrected chi connectivity index (χ3v) is 6.65. The second-order valence-electron chi connectivity index (χ2n) is 7.39. The molecule has 2 heterocycles. The molecule has 1 aromatic heterocycles. The lowest BCUT2D eigenvalue weighted by Gasteiger charge is -2.13. The molecule has 0 atom stereocenters. The summed E-state index contributed by atoms with van der Waals surface area (Å²) in [4.78, 5) is 15.3. The molecule has 1 aliphatic rings. The minimum atomic E-state index is -0.102. The molecule has 4 nitrogen and oxygen atoms in total. The van der Waals surface area contributed by atoms with Crippen molar-refractivity contribution >= 4 is 56.9 Å². The van der Waals surface area contributed by atoms with Crippen molar-refractivity contribution in [3.8, 4) is 6.07 Å². The number of fused-ring (bicyclic) bond motifs is 1. The summed E-state index contributed by atoms with van der Waals surface area (Å²) < 4.78 is 2.70. The van der Waals surface area contributed by atoms with Gasteiger partial charge in [-0.2, -0.15) is 5.26 Å². The molecule has 154 valence electrons. The first-order valence-electron chi connectivity index (χ1n) is 10.0. The van der Waals surface area contributed by atoms with Crippen molar-refractivity contribution in [3.05, 3.63) is 107 Å². The van der Waals surface area contributed by atoms with E-state index in [4.69, 9.17) is 17.5 Å². The number of carbonyl (C=O) groups excluding carboxylic acids is 1. The molecular formula is C26H17N3OS2. The van der Waals surface area contributed by atoms with E-state index in [1.807, 2.05) is 72.8 Å². The Morgan fingerprint density at radius 1 is 0.969 bits per heavy atom. The maximum Gasteiger partial charge on any atom is 0.270 e. The van der Waals surface area contributed by atoms with Crippen molar-refractivity contribution in [2.45, 2.75) is 6.54 Å². The van der Waals surface area contributed by atoms with Crippen molar-refractivity contribution in [1.82, 2.24) is 4.57 Å². The molecule has 1 aliphatic heterocycles. The smallest absolute Gasteiger partial charge is 0.270 e. The Morgan fingerprint density at radius 2 is 1.69 bits per heavy atom. The van der Waals surface area contributed by atoms with Crippen molar-refractivity contribution in [2.24, 2.45) is 0 Å². The Balaban J connectivity index is 1.51. The minimum Gasteiger partial charge on any atom is -0.342 e. The number of carbonyl (C=O) groups is 1. The fraction of sp³-hybridized carbons (Fsp3) is 0.0385. The van der Waals surface area contributed by atoms with E-state index < -0.39 is 0 Å². The minimum absolute atomic E-state index is 0.102. The van der Waals surface area contributed by atoms with Gasteiger partial charge in [0.15, 0.2) is 4.32 Å². The van der Waals surface area contributed by atoms with E-state index in [0.717, 1.165) is 27.7 Å². The highest BCUT2D eigenvalue weighted by Crippen LogP contribution is 2.37. The average molecular weight is 452 g/mol. The molecule has 1 fully saturated rings. The number of hydrogen-bond acceptors (Lipinski definition) is 4. The van der Waals surface area contributed by atoms with Crippen LogP contribution >= 0.6 is 24.0 Å². The van der Waals surface area contributed by atoms with E-state index in [9.17, 15) is 4.79 Å². The summed E-state index contributed by atoms with van der Waals surface area (Å²) in [5.74, 6) is -0.102. The van der Waals surface area contributed by atoms with Crippen molar-refractivity contribution in [2.75, 3.05) is 4.90 Å². The molecule has 0 N–H and O–H groups in total. The van der Waals surface area contributed by atoms with Crippen LogP contribution in [0.15, 0.2) is 90.0 Å². The summed E-state index contributed by atoms with van der Waals surface area (Å²) in [5, 5.41) is 10.1. The number of benzene rings is 3. The SMILES string of the molecule is N#Cc1ccc(Cn2cc(/C=C3\SC(=S)N(c4ccccc4)C3=O)c3ccccc32)cc1. The molecule has 0 unspecified atom stereocenters. The lowest BCUT2D eigenvalue weighted by atomic mass is 10.1. The molecule has 6 heteroatoms. The number of anilines is 1. The Bertz CT molecular complexity index is 1410. The normalized spacial score (nSPS) is 15.0. The lowest BCUT2D eigenvalue weighted by molar-refractivity contribution is -0.113. The van der Waals surface area contributed by atoms with Crippen LogP contribution in [0.3, 0.4) is 0 Å². The topological polar surface area (TPSA) is 49.0 Å². The van der Waals surface area contributed by atoms with E-state index >= 15 is 0 Å². The van der Waals surface area contributed by atoms with Gasteiger partial charge < -0.3 is 4.57 Å². The average Bonchev–Trinajstić information content (AvgIpc) is 3.31. The first-order chi connectivity index (χ1) is 15.6. The summed E-state index contributed by atoms with van der Waals surface area (Å²) in [6, 6.07) is 27.4. The standard InChI is InChI=1S/C26H17N3OS2/c27-15-18-10-12-19(13-11-18)16-28-17-20(22-8-4-5-9-23(22)28)14-24-25(30)29(26(31)32-24)21-6-2-1-3-7-21/h1-14,17H,16H2/b24-14-. The van der Waals surface area contributed by atoms with E-state index in [1.54, 1.807) is 4.90 Å². The van der Waals surface area contributed by atoms with E-state index in [2.05, 4.69) is 29.0 Å².